The molecule has 2 atom stereocenters. The SMILES string of the molecule is C[C@@H](c1ncncc1F)[C@](O)(Cn1cncn1)c1ccc(F)cc1F.[H-].[K+]. The molecular weight excluding hydrogens is 374 g/mol. The summed E-state index contributed by atoms with van der Waals surface area (Å²) in [6, 6.07) is 2.80. The maximum atomic E-state index is 14.4. The van der Waals surface area contributed by atoms with Gasteiger partial charge in [0.1, 0.15) is 36.2 Å². The van der Waals surface area contributed by atoms with Gasteiger partial charge in [-0.1, -0.05) is 13.0 Å². The molecule has 0 saturated heterocycles. The third-order valence-electron chi connectivity index (χ3n) is 4.09. The van der Waals surface area contributed by atoms with Gasteiger partial charge in [-0.3, -0.25) is 0 Å². The van der Waals surface area contributed by atoms with E-state index < -0.39 is 29.0 Å². The van der Waals surface area contributed by atoms with Crippen LogP contribution in [0, 0.1) is 17.5 Å². The molecule has 0 unspecified atom stereocenters. The van der Waals surface area contributed by atoms with Gasteiger partial charge in [-0.2, -0.15) is 5.10 Å². The molecule has 2 aromatic heterocycles. The van der Waals surface area contributed by atoms with Crippen molar-refractivity contribution in [3.63, 3.8) is 0 Å². The summed E-state index contributed by atoms with van der Waals surface area (Å²) in [5.41, 5.74) is -2.25. The Morgan fingerprint density at radius 3 is 2.58 bits per heavy atom. The monoisotopic (exact) mass is 389 g/mol. The fourth-order valence-electron chi connectivity index (χ4n) is 2.72. The van der Waals surface area contributed by atoms with Crippen LogP contribution in [0.4, 0.5) is 13.2 Å². The first-order valence-electron chi connectivity index (χ1n) is 7.37. The zero-order valence-corrected chi connectivity index (χ0v) is 17.3. The number of nitrogens with zero attached hydrogens (tertiary/aromatic N) is 5. The van der Waals surface area contributed by atoms with Crippen molar-refractivity contribution in [2.75, 3.05) is 0 Å². The topological polar surface area (TPSA) is 76.7 Å². The second-order valence-corrected chi connectivity index (χ2v) is 5.62. The van der Waals surface area contributed by atoms with Gasteiger partial charge in [0.25, 0.3) is 0 Å². The quantitative estimate of drug-likeness (QED) is 0.584. The molecule has 3 rings (SSSR count). The predicted molar refractivity (Wildman–Crippen MR) is 81.8 cm³/mol. The van der Waals surface area contributed by atoms with Gasteiger partial charge in [-0.15, -0.1) is 0 Å². The van der Waals surface area contributed by atoms with Crippen LogP contribution in [-0.2, 0) is 12.1 Å². The summed E-state index contributed by atoms with van der Waals surface area (Å²) in [6.07, 6.45) is 4.66. The zero-order chi connectivity index (χ0) is 18.0. The number of aliphatic hydroxyl groups is 1. The molecule has 2 heterocycles. The summed E-state index contributed by atoms with van der Waals surface area (Å²) in [7, 11) is 0. The minimum atomic E-state index is -1.96. The van der Waals surface area contributed by atoms with Crippen LogP contribution in [-0.4, -0.2) is 29.8 Å². The molecule has 1 N–H and O–H groups in total. The van der Waals surface area contributed by atoms with E-state index in [-0.39, 0.29) is 70.6 Å². The number of hydrogen-bond donors (Lipinski definition) is 1. The molecule has 10 heteroatoms. The second-order valence-electron chi connectivity index (χ2n) is 5.62. The summed E-state index contributed by atoms with van der Waals surface area (Å²) in [4.78, 5) is 11.2. The number of rotatable bonds is 5. The van der Waals surface area contributed by atoms with Gasteiger partial charge in [0.05, 0.1) is 18.4 Å². The van der Waals surface area contributed by atoms with E-state index in [0.29, 0.717) is 6.07 Å². The third kappa shape index (κ3) is 4.21. The van der Waals surface area contributed by atoms with Crippen molar-refractivity contribution < 1.29 is 71.1 Å². The van der Waals surface area contributed by atoms with Crippen LogP contribution in [0.1, 0.15) is 25.5 Å². The molecule has 0 amide bonds. The minimum Gasteiger partial charge on any atom is -1.00 e. The normalized spacial score (nSPS) is 14.3. The van der Waals surface area contributed by atoms with Crippen LogP contribution in [0.5, 0.6) is 0 Å². The van der Waals surface area contributed by atoms with Crippen LogP contribution in [0.3, 0.4) is 0 Å². The largest absolute Gasteiger partial charge is 1.00 e. The molecule has 0 aliphatic carbocycles. The maximum absolute atomic E-state index is 14.4. The summed E-state index contributed by atoms with van der Waals surface area (Å²) in [6.45, 7) is 1.26. The van der Waals surface area contributed by atoms with E-state index in [1.54, 1.807) is 0 Å². The van der Waals surface area contributed by atoms with Gasteiger partial charge >= 0.3 is 51.4 Å². The van der Waals surface area contributed by atoms with Gasteiger partial charge in [0.2, 0.25) is 0 Å². The van der Waals surface area contributed by atoms with E-state index in [1.165, 1.54) is 24.3 Å². The summed E-state index contributed by atoms with van der Waals surface area (Å²) < 4.78 is 43.0. The molecule has 0 saturated carbocycles. The fourth-order valence-corrected chi connectivity index (χ4v) is 2.72. The Balaban J connectivity index is 0.00000182. The van der Waals surface area contributed by atoms with Crippen molar-refractivity contribution in [1.29, 1.82) is 0 Å². The Labute approximate surface area is 191 Å². The van der Waals surface area contributed by atoms with E-state index in [0.717, 1.165) is 24.7 Å². The van der Waals surface area contributed by atoms with Crippen LogP contribution in [0.2, 0.25) is 0 Å². The summed E-state index contributed by atoms with van der Waals surface area (Å²) in [5.74, 6) is -3.47. The van der Waals surface area contributed by atoms with Gasteiger partial charge in [0, 0.05) is 17.5 Å². The Morgan fingerprint density at radius 1 is 1.19 bits per heavy atom. The maximum Gasteiger partial charge on any atom is 1.00 e. The first-order chi connectivity index (χ1) is 11.9. The van der Waals surface area contributed by atoms with E-state index in [9.17, 15) is 18.3 Å². The Morgan fingerprint density at radius 2 is 1.96 bits per heavy atom. The van der Waals surface area contributed by atoms with Crippen LogP contribution >= 0.6 is 0 Å². The standard InChI is InChI=1S/C16H14F3N5O.K.H/c1-10(15-14(19)5-20-7-22-15)16(25,6-24-9-21-8-23-24)12-3-2-11(17)4-13(12)18;;/h2-5,7-10,25H,6H2,1H3;;/q;+1;-1/t10-,16+;;/m0../s1. The first kappa shape index (κ1) is 21.1. The van der Waals surface area contributed by atoms with Crippen molar-refractivity contribution in [3.05, 3.63) is 72.1 Å². The van der Waals surface area contributed by atoms with Crippen molar-refractivity contribution in [3.8, 4) is 0 Å². The minimum absolute atomic E-state index is 0. The number of hydrogen-bond acceptors (Lipinski definition) is 5. The molecule has 0 spiro atoms. The molecule has 0 bridgehead atoms. The zero-order valence-electron chi connectivity index (χ0n) is 15.1. The Kier molecular flexibility index (Phi) is 7.05. The molecule has 0 radical (unpaired) electrons. The van der Waals surface area contributed by atoms with E-state index >= 15 is 0 Å². The molecule has 1 aromatic carbocycles. The van der Waals surface area contributed by atoms with Crippen molar-refractivity contribution in [2.24, 2.45) is 0 Å². The van der Waals surface area contributed by atoms with E-state index in [4.69, 9.17) is 0 Å². The molecule has 132 valence electrons. The van der Waals surface area contributed by atoms with Gasteiger partial charge in [-0.05, 0) is 6.07 Å². The van der Waals surface area contributed by atoms with Gasteiger partial charge in [-0.25, -0.2) is 32.8 Å². The average molecular weight is 389 g/mol. The van der Waals surface area contributed by atoms with Crippen LogP contribution in [0.15, 0.2) is 43.4 Å². The van der Waals surface area contributed by atoms with E-state index in [1.807, 2.05) is 0 Å². The Bertz CT molecular complexity index is 886. The summed E-state index contributed by atoms with van der Waals surface area (Å²) >= 11 is 0. The smallest absolute Gasteiger partial charge is 1.00 e. The first-order valence-corrected chi connectivity index (χ1v) is 7.37. The van der Waals surface area contributed by atoms with E-state index in [2.05, 4.69) is 20.1 Å². The van der Waals surface area contributed by atoms with Gasteiger partial charge in [0.15, 0.2) is 5.82 Å². The molecule has 3 aromatic rings. The summed E-state index contributed by atoms with van der Waals surface area (Å²) in [5, 5.41) is 15.2. The predicted octanol–water partition coefficient (Wildman–Crippen LogP) is -0.707. The number of halogens is 3. The molecule has 0 fully saturated rings. The molecule has 26 heavy (non-hydrogen) atoms. The molecule has 0 aliphatic rings. The molecule has 6 nitrogen and oxygen atoms in total. The second kappa shape index (κ2) is 8.68. The van der Waals surface area contributed by atoms with Gasteiger partial charge < -0.3 is 6.53 Å². The molecular formula is C16H15F3KN5O. The number of benzene rings is 1. The van der Waals surface area contributed by atoms with Crippen molar-refractivity contribution >= 4 is 0 Å². The van der Waals surface area contributed by atoms with Crippen molar-refractivity contribution in [2.45, 2.75) is 25.0 Å². The van der Waals surface area contributed by atoms with Crippen LogP contribution < -0.4 is 51.4 Å². The third-order valence-corrected chi connectivity index (χ3v) is 4.09. The van der Waals surface area contributed by atoms with Crippen LogP contribution in [0.25, 0.3) is 0 Å². The average Bonchev–Trinajstić information content (AvgIpc) is 3.07. The fraction of sp³-hybridized carbons (Fsp3) is 0.250. The number of aromatic nitrogens is 5. The van der Waals surface area contributed by atoms with Crippen molar-refractivity contribution in [1.82, 2.24) is 24.7 Å². The Hall–Kier alpha value is -1.17. The molecule has 0 aliphatic heterocycles.